The van der Waals surface area contributed by atoms with Crippen LogP contribution in [0.5, 0.6) is 0 Å². The topological polar surface area (TPSA) is 60.8 Å². The molecule has 2 N–H and O–H groups in total. The van der Waals surface area contributed by atoms with Crippen molar-refractivity contribution < 1.29 is 40.7 Å². The van der Waals surface area contributed by atoms with E-state index in [2.05, 4.69) is 0 Å². The van der Waals surface area contributed by atoms with Crippen molar-refractivity contribution >= 4 is 7.75 Å². The lowest BCUT2D eigenvalue weighted by Crippen LogP contribution is -2.28. The van der Waals surface area contributed by atoms with Gasteiger partial charge in [-0.25, -0.2) is 9.24 Å². The number of rotatable bonds is 8. The molecule has 0 unspecified atom stereocenters. The van der Waals surface area contributed by atoms with Crippen molar-refractivity contribution in [3.63, 3.8) is 0 Å². The normalized spacial score (nSPS) is 14.2. The number of hydrogen-bond acceptors (Lipinski definition) is 1. The molecule has 0 aliphatic rings. The third kappa shape index (κ3) is 11.0. The summed E-state index contributed by atoms with van der Waals surface area (Å²) in [7, 11) is -4.68. The summed E-state index contributed by atoms with van der Waals surface area (Å²) < 4.78 is 85.2. The van der Waals surface area contributed by atoms with Gasteiger partial charge in [-0.3, -0.25) is 0 Å². The van der Waals surface area contributed by atoms with Gasteiger partial charge in [-0.05, 0) is 18.8 Å². The van der Waals surface area contributed by atoms with Crippen molar-refractivity contribution in [3.8, 4) is 0 Å². The summed E-state index contributed by atoms with van der Waals surface area (Å²) in [6.45, 7) is 0.968. The first-order valence-electron chi connectivity index (χ1n) is 6.19. The fourth-order valence-electron chi connectivity index (χ4n) is 1.89. The van der Waals surface area contributed by atoms with Crippen LogP contribution < -0.4 is 0 Å². The molecular weight excluding hydrogens is 327 g/mol. The molecule has 0 fully saturated rings. The molecule has 0 heterocycles. The number of alkyl halides is 6. The summed E-state index contributed by atoms with van der Waals surface area (Å²) in [6, 6.07) is 0. The molecular formula is C10H18F6NO3P. The van der Waals surface area contributed by atoms with Gasteiger partial charge >= 0.3 is 20.1 Å². The molecule has 0 atom stereocenters. The molecule has 0 aliphatic heterocycles. The molecule has 0 bridgehead atoms. The first-order valence-corrected chi connectivity index (χ1v) is 7.75. The van der Waals surface area contributed by atoms with E-state index in [0.29, 0.717) is 11.1 Å². The zero-order chi connectivity index (χ0) is 16.9. The maximum atomic E-state index is 12.3. The Bertz CT molecular complexity index is 338. The Morgan fingerprint density at radius 3 is 1.71 bits per heavy atom. The van der Waals surface area contributed by atoms with Crippen LogP contribution in [-0.4, -0.2) is 39.9 Å². The Morgan fingerprint density at radius 1 is 1.00 bits per heavy atom. The minimum absolute atomic E-state index is 0.102. The van der Waals surface area contributed by atoms with Crippen molar-refractivity contribution in [2.75, 3.05) is 13.1 Å². The molecule has 0 aromatic carbocycles. The first kappa shape index (κ1) is 20.7. The van der Waals surface area contributed by atoms with E-state index < -0.39 is 51.8 Å². The van der Waals surface area contributed by atoms with Crippen LogP contribution in [0.25, 0.3) is 0 Å². The van der Waals surface area contributed by atoms with Crippen molar-refractivity contribution in [2.45, 2.75) is 45.0 Å². The van der Waals surface area contributed by atoms with Gasteiger partial charge < -0.3 is 9.79 Å². The maximum absolute atomic E-state index is 12.3. The quantitative estimate of drug-likeness (QED) is 0.520. The van der Waals surface area contributed by atoms with E-state index in [1.807, 2.05) is 0 Å². The van der Waals surface area contributed by atoms with Crippen molar-refractivity contribution in [2.24, 2.45) is 5.92 Å². The zero-order valence-corrected chi connectivity index (χ0v) is 12.2. The summed E-state index contributed by atoms with van der Waals surface area (Å²) in [6.07, 6.45) is -13.1. The Labute approximate surface area is 118 Å². The molecule has 0 saturated heterocycles. The molecule has 0 amide bonds. The molecule has 0 radical (unpaired) electrons. The van der Waals surface area contributed by atoms with E-state index in [1.165, 1.54) is 0 Å². The zero-order valence-electron chi connectivity index (χ0n) is 11.3. The van der Waals surface area contributed by atoms with Gasteiger partial charge in [0.2, 0.25) is 0 Å². The average molecular weight is 345 g/mol. The lowest BCUT2D eigenvalue weighted by Gasteiger charge is -2.26. The molecule has 0 aliphatic carbocycles. The fourth-order valence-corrected chi connectivity index (χ4v) is 2.73. The number of hydrogen-bond donors (Lipinski definition) is 2. The highest BCUT2D eigenvalue weighted by molar-refractivity contribution is 7.49. The van der Waals surface area contributed by atoms with Crippen LogP contribution in [0.2, 0.25) is 0 Å². The molecule has 0 rings (SSSR count). The molecule has 11 heteroatoms. The van der Waals surface area contributed by atoms with Crippen molar-refractivity contribution in [1.29, 1.82) is 0 Å². The summed E-state index contributed by atoms with van der Waals surface area (Å²) in [4.78, 5) is 18.0. The van der Waals surface area contributed by atoms with E-state index in [1.54, 1.807) is 6.92 Å². The maximum Gasteiger partial charge on any atom is 0.402 e. The lowest BCUT2D eigenvalue weighted by atomic mass is 9.97. The Hall–Kier alpha value is -0.310. The van der Waals surface area contributed by atoms with E-state index in [9.17, 15) is 30.9 Å². The van der Waals surface area contributed by atoms with Crippen LogP contribution in [0.4, 0.5) is 26.3 Å². The van der Waals surface area contributed by atoms with Gasteiger partial charge in [-0.1, -0.05) is 6.92 Å². The molecule has 0 aromatic heterocycles. The van der Waals surface area contributed by atoms with Crippen molar-refractivity contribution in [1.82, 2.24) is 4.67 Å². The Kier molecular flexibility index (Phi) is 7.69. The summed E-state index contributed by atoms with van der Waals surface area (Å²) in [5.41, 5.74) is 0. The second-order valence-corrected chi connectivity index (χ2v) is 6.35. The molecule has 0 saturated carbocycles. The van der Waals surface area contributed by atoms with Crippen LogP contribution in [-0.2, 0) is 4.57 Å². The van der Waals surface area contributed by atoms with E-state index >= 15 is 0 Å². The smallest absolute Gasteiger partial charge is 0.312 e. The summed E-state index contributed by atoms with van der Waals surface area (Å²) in [5.74, 6) is -1.75. The second-order valence-electron chi connectivity index (χ2n) is 4.76. The van der Waals surface area contributed by atoms with Crippen LogP contribution in [0.1, 0.15) is 32.6 Å². The van der Waals surface area contributed by atoms with Gasteiger partial charge in [0, 0.05) is 25.9 Å². The van der Waals surface area contributed by atoms with E-state index in [4.69, 9.17) is 9.79 Å². The Balaban J connectivity index is 4.76. The minimum atomic E-state index is -4.76. The standard InChI is InChI=1S/C10H18F6NO3P/c1-2-4-17(21(18,19)20)5-3-8(6-9(11,12)13)7-10(14,15)16/h8H,2-7H2,1H3,(H2,18,19,20). The Morgan fingerprint density at radius 2 is 1.43 bits per heavy atom. The van der Waals surface area contributed by atoms with Gasteiger partial charge in [-0.2, -0.15) is 26.3 Å². The van der Waals surface area contributed by atoms with Crippen molar-refractivity contribution in [3.05, 3.63) is 0 Å². The lowest BCUT2D eigenvalue weighted by molar-refractivity contribution is -0.173. The third-order valence-electron chi connectivity index (χ3n) is 2.69. The third-order valence-corrected chi connectivity index (χ3v) is 3.82. The monoisotopic (exact) mass is 345 g/mol. The summed E-state index contributed by atoms with van der Waals surface area (Å²) >= 11 is 0. The molecule has 4 nitrogen and oxygen atoms in total. The largest absolute Gasteiger partial charge is 0.402 e. The number of halogens is 6. The predicted molar refractivity (Wildman–Crippen MR) is 63.4 cm³/mol. The van der Waals surface area contributed by atoms with Crippen LogP contribution in [0.15, 0.2) is 0 Å². The predicted octanol–water partition coefficient (Wildman–Crippen LogP) is 3.70. The van der Waals surface area contributed by atoms with Crippen LogP contribution in [0, 0.1) is 5.92 Å². The van der Waals surface area contributed by atoms with Crippen LogP contribution >= 0.6 is 7.75 Å². The molecule has 21 heavy (non-hydrogen) atoms. The highest BCUT2D eigenvalue weighted by Crippen LogP contribution is 2.41. The van der Waals surface area contributed by atoms with Gasteiger partial charge in [-0.15, -0.1) is 0 Å². The molecule has 0 spiro atoms. The van der Waals surface area contributed by atoms with Gasteiger partial charge in [0.1, 0.15) is 0 Å². The molecule has 128 valence electrons. The highest BCUT2D eigenvalue weighted by Gasteiger charge is 2.39. The first-order chi connectivity index (χ1) is 9.24. The fraction of sp³-hybridized carbons (Fsp3) is 1.00. The average Bonchev–Trinajstić information content (AvgIpc) is 2.17. The number of nitrogens with zero attached hydrogens (tertiary/aromatic N) is 1. The van der Waals surface area contributed by atoms with Gasteiger partial charge in [0.05, 0.1) is 0 Å². The van der Waals surface area contributed by atoms with E-state index in [0.717, 1.165) is 0 Å². The summed E-state index contributed by atoms with van der Waals surface area (Å²) in [5, 5.41) is 0. The second kappa shape index (κ2) is 7.80. The SMILES string of the molecule is CCCN(CCC(CC(F)(F)F)CC(F)(F)F)P(=O)(O)O. The highest BCUT2D eigenvalue weighted by atomic mass is 31.2. The van der Waals surface area contributed by atoms with Crippen LogP contribution in [0.3, 0.4) is 0 Å². The van der Waals surface area contributed by atoms with Gasteiger partial charge in [0.15, 0.2) is 0 Å². The van der Waals surface area contributed by atoms with Gasteiger partial charge in [0.25, 0.3) is 0 Å². The minimum Gasteiger partial charge on any atom is -0.312 e. The molecule has 0 aromatic rings. The van der Waals surface area contributed by atoms with E-state index in [-0.39, 0.29) is 6.54 Å².